The van der Waals surface area contributed by atoms with Crippen molar-refractivity contribution < 1.29 is 23.5 Å². The molecule has 1 heterocycles. The quantitative estimate of drug-likeness (QED) is 0.652. The normalized spacial score (nSPS) is 18.2. The molecule has 4 rings (SSSR count). The number of dihydropyridines is 1. The van der Waals surface area contributed by atoms with E-state index in [4.69, 9.17) is 9.47 Å². The van der Waals surface area contributed by atoms with Gasteiger partial charge in [0, 0.05) is 29.3 Å². The van der Waals surface area contributed by atoms with Gasteiger partial charge in [-0.15, -0.1) is 0 Å². The van der Waals surface area contributed by atoms with Crippen LogP contribution in [0.3, 0.4) is 0 Å². The van der Waals surface area contributed by atoms with Crippen molar-refractivity contribution >= 4 is 11.8 Å². The minimum atomic E-state index is -0.468. The summed E-state index contributed by atoms with van der Waals surface area (Å²) >= 11 is 0. The Morgan fingerprint density at radius 2 is 1.81 bits per heavy atom. The van der Waals surface area contributed by atoms with Crippen LogP contribution in [-0.2, 0) is 20.9 Å². The SMILES string of the molecule is CCOC(=O)C1=C(C)NC2=C(C(=O)CCC2)C1c1ccc(OCc2ccc(F)cc2)cc1. The summed E-state index contributed by atoms with van der Waals surface area (Å²) in [7, 11) is 0. The van der Waals surface area contributed by atoms with Crippen LogP contribution >= 0.6 is 0 Å². The summed E-state index contributed by atoms with van der Waals surface area (Å²) in [5.74, 6) is -0.454. The largest absolute Gasteiger partial charge is 0.489 e. The van der Waals surface area contributed by atoms with Crippen molar-refractivity contribution in [3.05, 3.63) is 88.0 Å². The fourth-order valence-corrected chi connectivity index (χ4v) is 4.30. The van der Waals surface area contributed by atoms with Crippen LogP contribution in [0.2, 0.25) is 0 Å². The molecule has 2 aromatic rings. The highest BCUT2D eigenvalue weighted by atomic mass is 19.1. The van der Waals surface area contributed by atoms with E-state index in [1.165, 1.54) is 12.1 Å². The number of nitrogens with one attached hydrogen (secondary N) is 1. The molecular formula is C26H26FNO4. The Morgan fingerprint density at radius 3 is 2.50 bits per heavy atom. The number of halogens is 1. The smallest absolute Gasteiger partial charge is 0.336 e. The van der Waals surface area contributed by atoms with Gasteiger partial charge in [-0.1, -0.05) is 24.3 Å². The molecule has 1 aliphatic carbocycles. The number of carbonyl (C=O) groups is 2. The predicted molar refractivity (Wildman–Crippen MR) is 118 cm³/mol. The average Bonchev–Trinajstić information content (AvgIpc) is 2.78. The molecule has 1 N–H and O–H groups in total. The van der Waals surface area contributed by atoms with Crippen molar-refractivity contribution in [3.63, 3.8) is 0 Å². The number of carbonyl (C=O) groups excluding carboxylic acids is 2. The molecule has 1 unspecified atom stereocenters. The van der Waals surface area contributed by atoms with Gasteiger partial charge in [-0.3, -0.25) is 4.79 Å². The van der Waals surface area contributed by atoms with E-state index in [0.29, 0.717) is 29.9 Å². The highest BCUT2D eigenvalue weighted by molar-refractivity contribution is 6.03. The predicted octanol–water partition coefficient (Wildman–Crippen LogP) is 4.94. The number of ketones is 1. The molecule has 0 fully saturated rings. The van der Waals surface area contributed by atoms with E-state index in [1.807, 2.05) is 31.2 Å². The summed E-state index contributed by atoms with van der Waals surface area (Å²) in [6, 6.07) is 13.6. The van der Waals surface area contributed by atoms with E-state index in [0.717, 1.165) is 35.4 Å². The molecule has 0 spiro atoms. The maximum atomic E-state index is 13.1. The number of hydrogen-bond donors (Lipinski definition) is 1. The summed E-state index contributed by atoms with van der Waals surface area (Å²) in [6.45, 7) is 4.19. The van der Waals surface area contributed by atoms with Gasteiger partial charge in [0.25, 0.3) is 0 Å². The number of ether oxygens (including phenoxy) is 2. The van der Waals surface area contributed by atoms with Gasteiger partial charge in [0.15, 0.2) is 5.78 Å². The van der Waals surface area contributed by atoms with E-state index in [-0.39, 0.29) is 18.2 Å². The van der Waals surface area contributed by atoms with Crippen molar-refractivity contribution in [3.8, 4) is 5.75 Å². The minimum absolute atomic E-state index is 0.0645. The van der Waals surface area contributed by atoms with Gasteiger partial charge in [0.1, 0.15) is 18.2 Å². The third-order valence-corrected chi connectivity index (χ3v) is 5.80. The first-order chi connectivity index (χ1) is 15.5. The highest BCUT2D eigenvalue weighted by Crippen LogP contribution is 2.42. The summed E-state index contributed by atoms with van der Waals surface area (Å²) in [4.78, 5) is 25.7. The first-order valence-electron chi connectivity index (χ1n) is 10.9. The van der Waals surface area contributed by atoms with Gasteiger partial charge in [-0.2, -0.15) is 0 Å². The van der Waals surface area contributed by atoms with Crippen molar-refractivity contribution in [2.45, 2.75) is 45.6 Å². The second-order valence-electron chi connectivity index (χ2n) is 7.97. The average molecular weight is 435 g/mol. The van der Waals surface area contributed by atoms with Gasteiger partial charge < -0.3 is 14.8 Å². The molecule has 0 radical (unpaired) electrons. The van der Waals surface area contributed by atoms with E-state index in [1.54, 1.807) is 19.1 Å². The summed E-state index contributed by atoms with van der Waals surface area (Å²) in [6.07, 6.45) is 2.06. The van der Waals surface area contributed by atoms with E-state index < -0.39 is 11.9 Å². The minimum Gasteiger partial charge on any atom is -0.489 e. The Morgan fingerprint density at radius 1 is 1.09 bits per heavy atom. The molecule has 0 aromatic heterocycles. The van der Waals surface area contributed by atoms with Crippen LogP contribution in [0.25, 0.3) is 0 Å². The number of benzene rings is 2. The Labute approximate surface area is 186 Å². The molecule has 0 amide bonds. The first kappa shape index (κ1) is 21.8. The monoisotopic (exact) mass is 435 g/mol. The molecule has 2 aromatic carbocycles. The van der Waals surface area contributed by atoms with Crippen molar-refractivity contribution in [2.75, 3.05) is 6.61 Å². The second kappa shape index (κ2) is 9.39. The molecule has 5 nitrogen and oxygen atoms in total. The zero-order chi connectivity index (χ0) is 22.7. The van der Waals surface area contributed by atoms with Gasteiger partial charge in [0.2, 0.25) is 0 Å². The van der Waals surface area contributed by atoms with Gasteiger partial charge >= 0.3 is 5.97 Å². The van der Waals surface area contributed by atoms with Crippen LogP contribution in [0.1, 0.15) is 50.2 Å². The molecule has 1 aliphatic heterocycles. The van der Waals surface area contributed by atoms with Crippen LogP contribution < -0.4 is 10.1 Å². The maximum Gasteiger partial charge on any atom is 0.336 e. The van der Waals surface area contributed by atoms with Crippen LogP contribution in [0.4, 0.5) is 4.39 Å². The van der Waals surface area contributed by atoms with E-state index in [9.17, 15) is 14.0 Å². The third kappa shape index (κ3) is 4.44. The fraction of sp³-hybridized carbons (Fsp3) is 0.308. The van der Waals surface area contributed by atoms with Gasteiger partial charge in [0.05, 0.1) is 12.2 Å². The molecule has 32 heavy (non-hydrogen) atoms. The van der Waals surface area contributed by atoms with Crippen molar-refractivity contribution in [1.82, 2.24) is 5.32 Å². The molecule has 166 valence electrons. The number of allylic oxidation sites excluding steroid dienone is 3. The van der Waals surface area contributed by atoms with Crippen LogP contribution in [0, 0.1) is 5.82 Å². The van der Waals surface area contributed by atoms with Gasteiger partial charge in [-0.05, 0) is 62.1 Å². The van der Waals surface area contributed by atoms with Crippen LogP contribution in [0.15, 0.2) is 71.1 Å². The molecule has 1 atom stereocenters. The summed E-state index contributed by atoms with van der Waals surface area (Å²) in [5.41, 5.74) is 4.45. The Hall–Kier alpha value is -3.41. The maximum absolute atomic E-state index is 13.1. The topological polar surface area (TPSA) is 64.6 Å². The zero-order valence-corrected chi connectivity index (χ0v) is 18.2. The Kier molecular flexibility index (Phi) is 6.40. The van der Waals surface area contributed by atoms with E-state index >= 15 is 0 Å². The third-order valence-electron chi connectivity index (χ3n) is 5.80. The molecule has 6 heteroatoms. The lowest BCUT2D eigenvalue weighted by atomic mass is 9.75. The fourth-order valence-electron chi connectivity index (χ4n) is 4.30. The Balaban J connectivity index is 1.62. The van der Waals surface area contributed by atoms with Crippen molar-refractivity contribution in [1.29, 1.82) is 0 Å². The number of rotatable bonds is 6. The standard InChI is InChI=1S/C26H26FNO4/c1-3-31-26(30)23-16(2)28-21-5-4-6-22(29)25(21)24(23)18-9-13-20(14-10-18)32-15-17-7-11-19(27)12-8-17/h7-14,24,28H,3-6,15H2,1-2H3. The molecule has 0 bridgehead atoms. The lowest BCUT2D eigenvalue weighted by Gasteiger charge is -2.34. The number of hydrogen-bond acceptors (Lipinski definition) is 5. The summed E-state index contributed by atoms with van der Waals surface area (Å²) in [5, 5.41) is 3.28. The lowest BCUT2D eigenvalue weighted by Crippen LogP contribution is -2.34. The Bertz CT molecular complexity index is 1080. The van der Waals surface area contributed by atoms with Crippen LogP contribution in [0.5, 0.6) is 5.75 Å². The molecule has 0 saturated carbocycles. The van der Waals surface area contributed by atoms with Crippen LogP contribution in [-0.4, -0.2) is 18.4 Å². The summed E-state index contributed by atoms with van der Waals surface area (Å²) < 4.78 is 24.2. The number of esters is 1. The number of Topliss-reactive ketones (excluding diaryl/α,β-unsaturated/α-hetero) is 1. The zero-order valence-electron chi connectivity index (χ0n) is 18.2. The van der Waals surface area contributed by atoms with E-state index in [2.05, 4.69) is 5.32 Å². The molecule has 0 saturated heterocycles. The molecule has 2 aliphatic rings. The van der Waals surface area contributed by atoms with Gasteiger partial charge in [-0.25, -0.2) is 9.18 Å². The highest BCUT2D eigenvalue weighted by Gasteiger charge is 2.38. The second-order valence-corrected chi connectivity index (χ2v) is 7.97. The lowest BCUT2D eigenvalue weighted by molar-refractivity contribution is -0.138. The first-order valence-corrected chi connectivity index (χ1v) is 10.9. The molecular weight excluding hydrogens is 409 g/mol. The van der Waals surface area contributed by atoms with Crippen molar-refractivity contribution in [2.24, 2.45) is 0 Å².